The Hall–Kier alpha value is -1.89. The molecule has 2 aromatic heterocycles. The Kier molecular flexibility index (Phi) is 5.76. The van der Waals surface area contributed by atoms with Crippen LogP contribution in [0.25, 0.3) is 0 Å². The zero-order chi connectivity index (χ0) is 16.9. The number of guanidine groups is 1. The minimum absolute atomic E-state index is 0.0307. The average Bonchev–Trinajstić information content (AvgIpc) is 3.11. The van der Waals surface area contributed by atoms with Crippen molar-refractivity contribution >= 4 is 17.3 Å². The van der Waals surface area contributed by atoms with Gasteiger partial charge in [0.05, 0.1) is 17.7 Å². The number of rotatable bonds is 5. The van der Waals surface area contributed by atoms with E-state index in [4.69, 9.17) is 4.42 Å². The molecule has 0 aromatic carbocycles. The van der Waals surface area contributed by atoms with Gasteiger partial charge >= 0.3 is 0 Å². The van der Waals surface area contributed by atoms with Crippen LogP contribution in [0.2, 0.25) is 0 Å². The largest absolute Gasteiger partial charge is 0.443 e. The van der Waals surface area contributed by atoms with Crippen LogP contribution < -0.4 is 10.6 Å². The van der Waals surface area contributed by atoms with Crippen molar-refractivity contribution in [1.29, 1.82) is 0 Å². The second-order valence-electron chi connectivity index (χ2n) is 6.34. The first-order valence-electron chi connectivity index (χ1n) is 7.69. The summed E-state index contributed by atoms with van der Waals surface area (Å²) in [7, 11) is 1.75. The fourth-order valence-corrected chi connectivity index (χ4v) is 2.71. The van der Waals surface area contributed by atoms with Crippen LogP contribution in [0.15, 0.2) is 21.8 Å². The van der Waals surface area contributed by atoms with Crippen molar-refractivity contribution in [3.8, 4) is 0 Å². The highest BCUT2D eigenvalue weighted by Crippen LogP contribution is 2.22. The van der Waals surface area contributed by atoms with E-state index in [1.54, 1.807) is 24.6 Å². The van der Waals surface area contributed by atoms with E-state index in [0.29, 0.717) is 12.4 Å². The predicted octanol–water partition coefficient (Wildman–Crippen LogP) is 2.64. The average molecular weight is 335 g/mol. The fraction of sp³-hybridized carbons (Fsp3) is 0.562. The summed E-state index contributed by atoms with van der Waals surface area (Å²) in [4.78, 5) is 14.1. The van der Waals surface area contributed by atoms with E-state index >= 15 is 0 Å². The Morgan fingerprint density at radius 3 is 2.61 bits per heavy atom. The number of hydrogen-bond donors (Lipinski definition) is 2. The van der Waals surface area contributed by atoms with E-state index in [1.165, 1.54) is 4.88 Å². The maximum absolute atomic E-state index is 5.75. The molecule has 0 saturated heterocycles. The van der Waals surface area contributed by atoms with Gasteiger partial charge in [-0.2, -0.15) is 0 Å². The first-order chi connectivity index (χ1) is 10.9. The molecule has 7 heteroatoms. The first-order valence-corrected chi connectivity index (χ1v) is 8.51. The molecule has 0 atom stereocenters. The molecule has 0 spiro atoms. The topological polar surface area (TPSA) is 75.3 Å². The number of thiazole rings is 1. The minimum Gasteiger partial charge on any atom is -0.443 e. The molecular weight excluding hydrogens is 310 g/mol. The van der Waals surface area contributed by atoms with Crippen molar-refractivity contribution in [2.24, 2.45) is 4.99 Å². The molecule has 0 saturated carbocycles. The highest BCUT2D eigenvalue weighted by atomic mass is 32.1. The Labute approximate surface area is 141 Å². The van der Waals surface area contributed by atoms with Crippen molar-refractivity contribution in [3.05, 3.63) is 33.9 Å². The molecule has 0 fully saturated rings. The van der Waals surface area contributed by atoms with Crippen LogP contribution >= 0.6 is 11.3 Å². The SMILES string of the molecule is CN=C(NCCc1ncc(C)s1)NCc1ncc(C(C)(C)C)o1. The molecule has 0 aliphatic carbocycles. The zero-order valence-corrected chi connectivity index (χ0v) is 15.3. The lowest BCUT2D eigenvalue weighted by Crippen LogP contribution is -2.37. The van der Waals surface area contributed by atoms with Gasteiger partial charge in [-0.1, -0.05) is 20.8 Å². The quantitative estimate of drug-likeness (QED) is 0.649. The molecule has 2 rings (SSSR count). The summed E-state index contributed by atoms with van der Waals surface area (Å²) in [5.74, 6) is 2.28. The van der Waals surface area contributed by atoms with Gasteiger partial charge in [-0.15, -0.1) is 11.3 Å². The van der Waals surface area contributed by atoms with Gasteiger partial charge in [0, 0.05) is 36.5 Å². The molecule has 0 radical (unpaired) electrons. The number of aryl methyl sites for hydroxylation is 1. The van der Waals surface area contributed by atoms with Crippen molar-refractivity contribution < 1.29 is 4.42 Å². The molecule has 0 amide bonds. The van der Waals surface area contributed by atoms with E-state index in [1.807, 2.05) is 6.20 Å². The van der Waals surface area contributed by atoms with Crippen LogP contribution in [0.3, 0.4) is 0 Å². The number of aliphatic imine (C=N–C) groups is 1. The monoisotopic (exact) mass is 335 g/mol. The molecule has 6 nitrogen and oxygen atoms in total. The van der Waals surface area contributed by atoms with E-state index in [2.05, 4.69) is 53.3 Å². The molecule has 0 aliphatic rings. The lowest BCUT2D eigenvalue weighted by Gasteiger charge is -2.13. The third kappa shape index (κ3) is 5.35. The molecule has 126 valence electrons. The third-order valence-electron chi connectivity index (χ3n) is 3.22. The van der Waals surface area contributed by atoms with Crippen LogP contribution in [0.4, 0.5) is 0 Å². The Morgan fingerprint density at radius 2 is 2.04 bits per heavy atom. The highest BCUT2D eigenvalue weighted by molar-refractivity contribution is 7.11. The molecule has 2 aromatic rings. The van der Waals surface area contributed by atoms with Gasteiger partial charge < -0.3 is 15.1 Å². The fourth-order valence-electron chi connectivity index (χ4n) is 1.92. The predicted molar refractivity (Wildman–Crippen MR) is 94.0 cm³/mol. The van der Waals surface area contributed by atoms with Crippen molar-refractivity contribution in [2.75, 3.05) is 13.6 Å². The molecule has 0 unspecified atom stereocenters. The Balaban J connectivity index is 1.77. The number of nitrogens with one attached hydrogen (secondary N) is 2. The molecule has 0 aliphatic heterocycles. The zero-order valence-electron chi connectivity index (χ0n) is 14.4. The smallest absolute Gasteiger partial charge is 0.213 e. The Morgan fingerprint density at radius 1 is 1.26 bits per heavy atom. The first kappa shape index (κ1) is 17.5. The molecular formula is C16H25N5OS. The summed E-state index contributed by atoms with van der Waals surface area (Å²) in [6, 6.07) is 0. The molecule has 2 heterocycles. The van der Waals surface area contributed by atoms with Crippen molar-refractivity contribution in [2.45, 2.75) is 46.1 Å². The second kappa shape index (κ2) is 7.59. The maximum atomic E-state index is 5.75. The summed E-state index contributed by atoms with van der Waals surface area (Å²) in [5.41, 5.74) is -0.0307. The molecule has 0 bridgehead atoms. The highest BCUT2D eigenvalue weighted by Gasteiger charge is 2.19. The summed E-state index contributed by atoms with van der Waals surface area (Å²) in [6.07, 6.45) is 4.58. The number of hydrogen-bond acceptors (Lipinski definition) is 5. The number of oxazole rings is 1. The van der Waals surface area contributed by atoms with E-state index in [-0.39, 0.29) is 5.41 Å². The summed E-state index contributed by atoms with van der Waals surface area (Å²) in [5, 5.41) is 7.61. The lowest BCUT2D eigenvalue weighted by molar-refractivity contribution is 0.379. The maximum Gasteiger partial charge on any atom is 0.213 e. The van der Waals surface area contributed by atoms with Gasteiger partial charge in [-0.05, 0) is 6.92 Å². The van der Waals surface area contributed by atoms with Gasteiger partial charge in [0.2, 0.25) is 5.89 Å². The molecule has 2 N–H and O–H groups in total. The van der Waals surface area contributed by atoms with Gasteiger partial charge in [0.25, 0.3) is 0 Å². The van der Waals surface area contributed by atoms with E-state index < -0.39 is 0 Å². The van der Waals surface area contributed by atoms with Gasteiger partial charge in [-0.25, -0.2) is 9.97 Å². The number of nitrogens with zero attached hydrogens (tertiary/aromatic N) is 3. The van der Waals surface area contributed by atoms with Gasteiger partial charge in [0.15, 0.2) is 5.96 Å². The van der Waals surface area contributed by atoms with Crippen molar-refractivity contribution in [3.63, 3.8) is 0 Å². The van der Waals surface area contributed by atoms with Crippen LogP contribution in [0.5, 0.6) is 0 Å². The lowest BCUT2D eigenvalue weighted by atomic mass is 9.94. The summed E-state index contributed by atoms with van der Waals surface area (Å²) >= 11 is 1.73. The van der Waals surface area contributed by atoms with Crippen LogP contribution in [0, 0.1) is 6.92 Å². The normalized spacial score (nSPS) is 12.5. The van der Waals surface area contributed by atoms with E-state index in [0.717, 1.165) is 29.7 Å². The third-order valence-corrected chi connectivity index (χ3v) is 4.20. The van der Waals surface area contributed by atoms with Crippen molar-refractivity contribution in [1.82, 2.24) is 20.6 Å². The minimum atomic E-state index is -0.0307. The summed E-state index contributed by atoms with van der Waals surface area (Å²) in [6.45, 7) is 9.66. The Bertz CT molecular complexity index is 653. The second-order valence-corrected chi connectivity index (χ2v) is 7.65. The van der Waals surface area contributed by atoms with Crippen LogP contribution in [-0.2, 0) is 18.4 Å². The standard InChI is InChI=1S/C16H25N5OS/c1-11-8-20-14(23-11)6-7-18-15(17-5)21-10-13-19-9-12(22-13)16(2,3)4/h8-9H,6-7,10H2,1-5H3,(H2,17,18,21). The number of aromatic nitrogens is 2. The van der Waals surface area contributed by atoms with Gasteiger partial charge in [-0.3, -0.25) is 4.99 Å². The van der Waals surface area contributed by atoms with E-state index in [9.17, 15) is 0 Å². The summed E-state index contributed by atoms with van der Waals surface area (Å²) < 4.78 is 5.75. The van der Waals surface area contributed by atoms with Crippen LogP contribution in [0.1, 0.15) is 42.3 Å². The van der Waals surface area contributed by atoms with Gasteiger partial charge in [0.1, 0.15) is 5.76 Å². The molecule has 23 heavy (non-hydrogen) atoms. The van der Waals surface area contributed by atoms with Crippen LogP contribution in [-0.4, -0.2) is 29.5 Å².